The Balaban J connectivity index is 1.32. The van der Waals surface area contributed by atoms with Crippen LogP contribution in [0.2, 0.25) is 0 Å². The van der Waals surface area contributed by atoms with Crippen LogP contribution < -0.4 is 9.08 Å². The number of carbonyl (C=O) groups is 2. The molecule has 1 fully saturated rings. The molecule has 10 nitrogen and oxygen atoms in total. The number of likely N-dealkylation sites (N-methyl/N-ethyl adjacent to an activating group) is 1. The van der Waals surface area contributed by atoms with Crippen LogP contribution in [0.4, 0.5) is 10.5 Å². The third-order valence-corrected chi connectivity index (χ3v) is 9.72. The molecule has 1 saturated heterocycles. The van der Waals surface area contributed by atoms with E-state index in [-0.39, 0.29) is 23.0 Å². The second kappa shape index (κ2) is 13.6. The van der Waals surface area contributed by atoms with Crippen LogP contribution in [0.15, 0.2) is 84.0 Å². The molecule has 0 aliphatic carbocycles. The van der Waals surface area contributed by atoms with Crippen molar-refractivity contribution in [2.75, 3.05) is 38.1 Å². The topological polar surface area (TPSA) is 109 Å². The molecular weight excluding hydrogens is 616 g/mol. The Morgan fingerprint density at radius 1 is 0.936 bits per heavy atom. The van der Waals surface area contributed by atoms with Gasteiger partial charge in [0.2, 0.25) is 5.91 Å². The van der Waals surface area contributed by atoms with Crippen molar-refractivity contribution in [1.82, 2.24) is 14.8 Å². The summed E-state index contributed by atoms with van der Waals surface area (Å²) in [6.45, 7) is 11.9. The minimum Gasteiger partial charge on any atom is -0.444 e. The van der Waals surface area contributed by atoms with Gasteiger partial charge in [0.25, 0.3) is 0 Å². The number of rotatable bonds is 8. The van der Waals surface area contributed by atoms with Crippen molar-refractivity contribution in [2.45, 2.75) is 57.6 Å². The highest BCUT2D eigenvalue weighted by atomic mass is 32.2. The Kier molecular flexibility index (Phi) is 9.76. The van der Waals surface area contributed by atoms with Crippen LogP contribution in [-0.2, 0) is 26.1 Å². The molecular formula is C36H42N4O6S. The maximum atomic E-state index is 14.0. The minimum absolute atomic E-state index is 0.0452. The summed E-state index contributed by atoms with van der Waals surface area (Å²) in [6, 6.07) is 18.5. The number of piperazine rings is 1. The SMILES string of the molecule is Cc1cccc(N2CCN(C(=O)[C@H](Cc3ccc(OS(=O)(=O)c4cccc5cnccc45)cc3)N(C)C(=O)OC(C)(C)C)CC2)c1C. The Hall–Kier alpha value is -4.64. The van der Waals surface area contributed by atoms with Crippen LogP contribution in [0.1, 0.15) is 37.5 Å². The van der Waals surface area contributed by atoms with E-state index in [2.05, 4.69) is 35.9 Å². The zero-order chi connectivity index (χ0) is 33.9. The lowest BCUT2D eigenvalue weighted by atomic mass is 10.0. The van der Waals surface area contributed by atoms with Gasteiger partial charge in [0.05, 0.1) is 0 Å². The summed E-state index contributed by atoms with van der Waals surface area (Å²) in [4.78, 5) is 36.8. The summed E-state index contributed by atoms with van der Waals surface area (Å²) in [5.41, 5.74) is 3.61. The fourth-order valence-corrected chi connectivity index (χ4v) is 6.85. The predicted octanol–water partition coefficient (Wildman–Crippen LogP) is 5.75. The first-order valence-corrected chi connectivity index (χ1v) is 17.1. The van der Waals surface area contributed by atoms with Crippen molar-refractivity contribution in [3.05, 3.63) is 95.8 Å². The Morgan fingerprint density at radius 3 is 2.30 bits per heavy atom. The normalized spacial score (nSPS) is 14.5. The number of anilines is 1. The molecule has 1 atom stereocenters. The molecule has 1 aromatic heterocycles. The van der Waals surface area contributed by atoms with Gasteiger partial charge in [-0.2, -0.15) is 8.42 Å². The summed E-state index contributed by atoms with van der Waals surface area (Å²) in [5.74, 6) is -0.0435. The summed E-state index contributed by atoms with van der Waals surface area (Å²) >= 11 is 0. The lowest BCUT2D eigenvalue weighted by Crippen LogP contribution is -2.56. The largest absolute Gasteiger partial charge is 0.444 e. The van der Waals surface area contributed by atoms with E-state index in [1.165, 1.54) is 34.0 Å². The summed E-state index contributed by atoms with van der Waals surface area (Å²) in [6.07, 6.45) is 2.74. The number of aryl methyl sites for hydroxylation is 1. The van der Waals surface area contributed by atoms with Gasteiger partial charge in [-0.1, -0.05) is 36.4 Å². The first-order valence-electron chi connectivity index (χ1n) is 15.7. The smallest absolute Gasteiger partial charge is 0.410 e. The average molecular weight is 659 g/mol. The van der Waals surface area contributed by atoms with Crippen molar-refractivity contribution < 1.29 is 26.9 Å². The number of carbonyl (C=O) groups excluding carboxylic acids is 2. The molecule has 0 N–H and O–H groups in total. The van der Waals surface area contributed by atoms with E-state index in [4.69, 9.17) is 8.92 Å². The molecule has 0 bridgehead atoms. The molecule has 3 aromatic carbocycles. The van der Waals surface area contributed by atoms with Gasteiger partial charge in [-0.05, 0) is 81.6 Å². The number of amides is 2. The van der Waals surface area contributed by atoms with Gasteiger partial charge in [0, 0.05) is 68.5 Å². The third kappa shape index (κ3) is 7.85. The van der Waals surface area contributed by atoms with Gasteiger partial charge >= 0.3 is 16.2 Å². The molecule has 47 heavy (non-hydrogen) atoms. The number of nitrogens with zero attached hydrogens (tertiary/aromatic N) is 4. The quantitative estimate of drug-likeness (QED) is 0.221. The first kappa shape index (κ1) is 33.7. The van der Waals surface area contributed by atoms with Crippen LogP contribution in [0.3, 0.4) is 0 Å². The van der Waals surface area contributed by atoms with Crippen molar-refractivity contribution in [3.63, 3.8) is 0 Å². The molecule has 2 heterocycles. The zero-order valence-electron chi connectivity index (χ0n) is 27.8. The van der Waals surface area contributed by atoms with Crippen LogP contribution in [0, 0.1) is 13.8 Å². The molecule has 2 amide bonds. The van der Waals surface area contributed by atoms with Crippen LogP contribution in [0.25, 0.3) is 10.8 Å². The highest BCUT2D eigenvalue weighted by molar-refractivity contribution is 7.87. The molecule has 248 valence electrons. The maximum Gasteiger partial charge on any atom is 0.410 e. The van der Waals surface area contributed by atoms with Crippen molar-refractivity contribution >= 4 is 38.6 Å². The Morgan fingerprint density at radius 2 is 1.62 bits per heavy atom. The predicted molar refractivity (Wildman–Crippen MR) is 182 cm³/mol. The second-order valence-corrected chi connectivity index (χ2v) is 14.4. The lowest BCUT2D eigenvalue weighted by molar-refractivity contribution is -0.136. The van der Waals surface area contributed by atoms with Crippen molar-refractivity contribution in [2.24, 2.45) is 0 Å². The van der Waals surface area contributed by atoms with Gasteiger partial charge in [-0.25, -0.2) is 4.79 Å². The molecule has 11 heteroatoms. The Bertz CT molecular complexity index is 1860. The lowest BCUT2D eigenvalue weighted by Gasteiger charge is -2.40. The Labute approximate surface area is 277 Å². The van der Waals surface area contributed by atoms with Crippen LogP contribution >= 0.6 is 0 Å². The molecule has 4 aromatic rings. The number of ether oxygens (including phenoxy) is 1. The second-order valence-electron chi connectivity index (χ2n) is 12.9. The highest BCUT2D eigenvalue weighted by Crippen LogP contribution is 2.27. The van der Waals surface area contributed by atoms with Gasteiger partial charge in [-0.15, -0.1) is 0 Å². The standard InChI is InChI=1S/C36H42N4O6S/c1-25-9-7-11-31(26(25)2)39-19-21-40(22-20-39)34(41)32(38(6)35(42)45-36(3,4)5)23-27-13-15-29(16-14-27)46-47(43,44)33-12-8-10-28-24-37-18-17-30(28)33/h7-18,24,32H,19-23H2,1-6H3/t32-/m0/s1. The van der Waals surface area contributed by atoms with Gasteiger partial charge in [0.15, 0.2) is 0 Å². The maximum absolute atomic E-state index is 14.0. The fraction of sp³-hybridized carbons (Fsp3) is 0.361. The number of fused-ring (bicyclic) bond motifs is 1. The number of benzene rings is 3. The van der Waals surface area contributed by atoms with E-state index >= 15 is 0 Å². The van der Waals surface area contributed by atoms with E-state index in [0.29, 0.717) is 37.0 Å². The van der Waals surface area contributed by atoms with E-state index in [1.54, 1.807) is 81.4 Å². The molecule has 5 rings (SSSR count). The molecule has 0 unspecified atom stereocenters. The summed E-state index contributed by atoms with van der Waals surface area (Å²) < 4.78 is 37.5. The number of pyridine rings is 1. The first-order chi connectivity index (χ1) is 22.2. The highest BCUT2D eigenvalue weighted by Gasteiger charge is 2.35. The number of hydrogen-bond acceptors (Lipinski definition) is 8. The summed E-state index contributed by atoms with van der Waals surface area (Å²) in [7, 11) is -2.56. The number of aromatic nitrogens is 1. The summed E-state index contributed by atoms with van der Waals surface area (Å²) in [5, 5.41) is 1.20. The average Bonchev–Trinajstić information content (AvgIpc) is 3.04. The molecule has 0 saturated carbocycles. The van der Waals surface area contributed by atoms with Crippen LogP contribution in [0.5, 0.6) is 5.75 Å². The fourth-order valence-electron chi connectivity index (χ4n) is 5.69. The number of hydrogen-bond donors (Lipinski definition) is 0. The van der Waals surface area contributed by atoms with Crippen LogP contribution in [-0.4, -0.2) is 80.1 Å². The molecule has 0 radical (unpaired) electrons. The van der Waals surface area contributed by atoms with E-state index in [0.717, 1.165) is 5.56 Å². The van der Waals surface area contributed by atoms with Gasteiger partial charge in [0.1, 0.15) is 22.3 Å². The van der Waals surface area contributed by atoms with E-state index in [1.807, 2.05) is 6.07 Å². The third-order valence-electron chi connectivity index (χ3n) is 8.41. The van der Waals surface area contributed by atoms with Crippen molar-refractivity contribution in [3.8, 4) is 5.75 Å². The van der Waals surface area contributed by atoms with Gasteiger partial charge in [-0.3, -0.25) is 14.7 Å². The van der Waals surface area contributed by atoms with Gasteiger partial charge < -0.3 is 18.7 Å². The van der Waals surface area contributed by atoms with E-state index < -0.39 is 27.9 Å². The molecule has 1 aliphatic heterocycles. The zero-order valence-corrected chi connectivity index (χ0v) is 28.6. The monoisotopic (exact) mass is 658 g/mol. The van der Waals surface area contributed by atoms with E-state index in [9.17, 15) is 18.0 Å². The molecule has 1 aliphatic rings. The van der Waals surface area contributed by atoms with Crippen molar-refractivity contribution in [1.29, 1.82) is 0 Å². The molecule has 0 spiro atoms. The minimum atomic E-state index is -4.14.